The van der Waals surface area contributed by atoms with E-state index in [0.717, 1.165) is 32.6 Å². The standard InChI is InChI=1S/C33H28N4O3S/c1-22-8-5-6-11-25(22)18-30(37-32(39)24-9-3-2-4-10-24)33(40)36-26-12-7-13-28(19-26)41-21-31(38)35-27-15-14-23-16-17-34-29(23)20-27/h2-20,34H,21H2,1H3,(H,35,38)(H,36,40)(H,37,39)/b30-18-. The summed E-state index contributed by atoms with van der Waals surface area (Å²) in [6.07, 6.45) is 3.52. The number of nitrogens with one attached hydrogen (secondary N) is 4. The Labute approximate surface area is 242 Å². The van der Waals surface area contributed by atoms with E-state index in [4.69, 9.17) is 0 Å². The van der Waals surface area contributed by atoms with Crippen LogP contribution in [0.1, 0.15) is 21.5 Å². The molecule has 0 spiro atoms. The number of carbonyl (C=O) groups excluding carboxylic acids is 3. The van der Waals surface area contributed by atoms with Gasteiger partial charge in [-0.15, -0.1) is 11.8 Å². The van der Waals surface area contributed by atoms with Crippen LogP contribution in [0.3, 0.4) is 0 Å². The highest BCUT2D eigenvalue weighted by Crippen LogP contribution is 2.23. The minimum absolute atomic E-state index is 0.115. The molecule has 0 atom stereocenters. The Morgan fingerprint density at radius 1 is 0.805 bits per heavy atom. The molecule has 1 heterocycles. The number of carbonyl (C=O) groups is 3. The summed E-state index contributed by atoms with van der Waals surface area (Å²) in [5, 5.41) is 9.64. The Morgan fingerprint density at radius 3 is 2.41 bits per heavy atom. The molecule has 0 aliphatic heterocycles. The van der Waals surface area contributed by atoms with Gasteiger partial charge in [0, 0.05) is 33.5 Å². The Kier molecular flexibility index (Phi) is 8.61. The predicted octanol–water partition coefficient (Wildman–Crippen LogP) is 6.62. The first kappa shape index (κ1) is 27.5. The van der Waals surface area contributed by atoms with E-state index < -0.39 is 5.91 Å². The van der Waals surface area contributed by atoms with Crippen molar-refractivity contribution in [3.63, 3.8) is 0 Å². The second-order valence-corrected chi connectivity index (χ2v) is 10.4. The summed E-state index contributed by atoms with van der Waals surface area (Å²) < 4.78 is 0. The highest BCUT2D eigenvalue weighted by atomic mass is 32.2. The van der Waals surface area contributed by atoms with Gasteiger partial charge >= 0.3 is 0 Å². The van der Waals surface area contributed by atoms with E-state index >= 15 is 0 Å². The van der Waals surface area contributed by atoms with Gasteiger partial charge in [0.15, 0.2) is 0 Å². The number of rotatable bonds is 9. The first-order valence-electron chi connectivity index (χ1n) is 13.0. The minimum Gasteiger partial charge on any atom is -0.361 e. The summed E-state index contributed by atoms with van der Waals surface area (Å²) in [5.74, 6) is -0.781. The van der Waals surface area contributed by atoms with Gasteiger partial charge in [-0.2, -0.15) is 0 Å². The van der Waals surface area contributed by atoms with Crippen molar-refractivity contribution < 1.29 is 14.4 Å². The number of H-pyrrole nitrogens is 1. The fraction of sp³-hybridized carbons (Fsp3) is 0.0606. The lowest BCUT2D eigenvalue weighted by Crippen LogP contribution is -2.30. The summed E-state index contributed by atoms with van der Waals surface area (Å²) in [6.45, 7) is 1.94. The lowest BCUT2D eigenvalue weighted by atomic mass is 10.1. The molecule has 0 saturated carbocycles. The molecule has 1 aromatic heterocycles. The van der Waals surface area contributed by atoms with Crippen molar-refractivity contribution in [1.29, 1.82) is 0 Å². The van der Waals surface area contributed by atoms with Gasteiger partial charge in [0.25, 0.3) is 11.8 Å². The average Bonchev–Trinajstić information content (AvgIpc) is 3.45. The van der Waals surface area contributed by atoms with E-state index in [1.165, 1.54) is 11.8 Å². The van der Waals surface area contributed by atoms with Gasteiger partial charge in [-0.3, -0.25) is 14.4 Å². The number of aryl methyl sites for hydroxylation is 1. The number of benzene rings is 4. The van der Waals surface area contributed by atoms with Gasteiger partial charge < -0.3 is 20.9 Å². The summed E-state index contributed by atoms with van der Waals surface area (Å²) in [4.78, 5) is 42.8. The molecule has 0 bridgehead atoms. The SMILES string of the molecule is Cc1ccccc1/C=C(\NC(=O)c1ccccc1)C(=O)Nc1cccc(SCC(=O)Nc2ccc3cc[nH]c3c2)c1. The van der Waals surface area contributed by atoms with Gasteiger partial charge in [-0.05, 0) is 78.0 Å². The van der Waals surface area contributed by atoms with Crippen LogP contribution in [-0.2, 0) is 9.59 Å². The van der Waals surface area contributed by atoms with Gasteiger partial charge in [-0.1, -0.05) is 54.6 Å². The Hall–Kier alpha value is -5.08. The van der Waals surface area contributed by atoms with Crippen molar-refractivity contribution in [2.45, 2.75) is 11.8 Å². The lowest BCUT2D eigenvalue weighted by molar-refractivity contribution is -0.114. The molecule has 204 valence electrons. The molecule has 7 nitrogen and oxygen atoms in total. The van der Waals surface area contributed by atoms with E-state index in [-0.39, 0.29) is 23.3 Å². The van der Waals surface area contributed by atoms with E-state index in [0.29, 0.717) is 11.3 Å². The second-order valence-electron chi connectivity index (χ2n) is 9.33. The number of hydrogen-bond acceptors (Lipinski definition) is 4. The highest BCUT2D eigenvalue weighted by Gasteiger charge is 2.16. The van der Waals surface area contributed by atoms with Crippen LogP contribution >= 0.6 is 11.8 Å². The Morgan fingerprint density at radius 2 is 1.59 bits per heavy atom. The van der Waals surface area contributed by atoms with Crippen molar-refractivity contribution in [3.05, 3.63) is 132 Å². The zero-order valence-corrected chi connectivity index (χ0v) is 23.1. The number of aromatic nitrogens is 1. The zero-order chi connectivity index (χ0) is 28.6. The van der Waals surface area contributed by atoms with E-state index in [1.54, 1.807) is 42.5 Å². The number of aromatic amines is 1. The number of anilines is 2. The maximum Gasteiger partial charge on any atom is 0.272 e. The Bertz CT molecular complexity index is 1740. The normalized spacial score (nSPS) is 11.2. The van der Waals surface area contributed by atoms with Crippen LogP contribution in [0, 0.1) is 6.92 Å². The molecule has 0 unspecified atom stereocenters. The predicted molar refractivity (Wildman–Crippen MR) is 166 cm³/mol. The fourth-order valence-electron chi connectivity index (χ4n) is 4.18. The molecule has 3 amide bonds. The van der Waals surface area contributed by atoms with Crippen molar-refractivity contribution in [1.82, 2.24) is 10.3 Å². The van der Waals surface area contributed by atoms with Crippen LogP contribution < -0.4 is 16.0 Å². The molecule has 5 aromatic rings. The van der Waals surface area contributed by atoms with Crippen LogP contribution in [0.4, 0.5) is 11.4 Å². The third kappa shape index (κ3) is 7.32. The first-order valence-corrected chi connectivity index (χ1v) is 14.0. The van der Waals surface area contributed by atoms with Gasteiger partial charge in [0.05, 0.1) is 5.75 Å². The largest absolute Gasteiger partial charge is 0.361 e. The van der Waals surface area contributed by atoms with Gasteiger partial charge in [0.1, 0.15) is 5.70 Å². The molecule has 0 saturated heterocycles. The van der Waals surface area contributed by atoms with Crippen LogP contribution in [0.15, 0.2) is 120 Å². The monoisotopic (exact) mass is 560 g/mol. The van der Waals surface area contributed by atoms with Crippen molar-refractivity contribution in [2.75, 3.05) is 16.4 Å². The number of hydrogen-bond donors (Lipinski definition) is 4. The van der Waals surface area contributed by atoms with E-state index in [9.17, 15) is 14.4 Å². The molecular formula is C33H28N4O3S. The number of fused-ring (bicyclic) bond motifs is 1. The van der Waals surface area contributed by atoms with Gasteiger partial charge in [0.2, 0.25) is 5.91 Å². The molecule has 0 aliphatic carbocycles. The maximum absolute atomic E-state index is 13.4. The highest BCUT2D eigenvalue weighted by molar-refractivity contribution is 8.00. The quantitative estimate of drug-likeness (QED) is 0.120. The minimum atomic E-state index is -0.461. The van der Waals surface area contributed by atoms with Gasteiger partial charge in [-0.25, -0.2) is 0 Å². The third-order valence-electron chi connectivity index (χ3n) is 6.32. The van der Waals surface area contributed by atoms with Crippen LogP contribution in [-0.4, -0.2) is 28.5 Å². The molecule has 8 heteroatoms. The summed E-state index contributed by atoms with van der Waals surface area (Å²) in [7, 11) is 0. The van der Waals surface area contributed by atoms with Crippen LogP contribution in [0.25, 0.3) is 17.0 Å². The number of thioether (sulfide) groups is 1. The zero-order valence-electron chi connectivity index (χ0n) is 22.3. The smallest absolute Gasteiger partial charge is 0.272 e. The van der Waals surface area contributed by atoms with E-state index in [2.05, 4.69) is 20.9 Å². The molecule has 0 radical (unpaired) electrons. The summed E-state index contributed by atoms with van der Waals surface area (Å²) in [6, 6.07) is 31.3. The van der Waals surface area contributed by atoms with Crippen molar-refractivity contribution >= 4 is 57.8 Å². The Balaban J connectivity index is 1.26. The molecule has 4 N–H and O–H groups in total. The first-order chi connectivity index (χ1) is 19.9. The van der Waals surface area contributed by atoms with Crippen molar-refractivity contribution in [2.24, 2.45) is 0 Å². The molecule has 4 aromatic carbocycles. The molecular weight excluding hydrogens is 532 g/mol. The summed E-state index contributed by atoms with van der Waals surface area (Å²) >= 11 is 1.36. The molecule has 0 aliphatic rings. The second kappa shape index (κ2) is 12.8. The van der Waals surface area contributed by atoms with Crippen LogP contribution in [0.2, 0.25) is 0 Å². The van der Waals surface area contributed by atoms with E-state index in [1.807, 2.05) is 79.9 Å². The fourth-order valence-corrected chi connectivity index (χ4v) is 4.94. The van der Waals surface area contributed by atoms with Crippen molar-refractivity contribution in [3.8, 4) is 0 Å². The average molecular weight is 561 g/mol. The molecule has 0 fully saturated rings. The number of amides is 3. The maximum atomic E-state index is 13.4. The summed E-state index contributed by atoms with van der Waals surface area (Å²) in [5.41, 5.74) is 4.56. The van der Waals surface area contributed by atoms with Crippen LogP contribution in [0.5, 0.6) is 0 Å². The lowest BCUT2D eigenvalue weighted by Gasteiger charge is -2.13. The topological polar surface area (TPSA) is 103 Å². The third-order valence-corrected chi connectivity index (χ3v) is 7.31. The molecule has 41 heavy (non-hydrogen) atoms. The molecule has 5 rings (SSSR count).